The molecule has 6 heteroatoms. The number of carboxylic acids is 1. The molecule has 1 aliphatic rings. The number of sulfone groups is 1. The van der Waals surface area contributed by atoms with Crippen LogP contribution in [0.4, 0.5) is 0 Å². The van der Waals surface area contributed by atoms with Gasteiger partial charge in [-0.2, -0.15) is 0 Å². The predicted octanol–water partition coefficient (Wildman–Crippen LogP) is 2.03. The maximum Gasteiger partial charge on any atom is 0.337 e. The Balaban J connectivity index is 2.13. The largest absolute Gasteiger partial charge is 0.478 e. The van der Waals surface area contributed by atoms with Crippen molar-refractivity contribution < 1.29 is 18.3 Å². The van der Waals surface area contributed by atoms with Crippen molar-refractivity contribution in [3.05, 3.63) is 29.8 Å². The Morgan fingerprint density at radius 2 is 2.05 bits per heavy atom. The van der Waals surface area contributed by atoms with E-state index in [1.807, 2.05) is 7.05 Å². The zero-order chi connectivity index (χ0) is 15.5. The molecule has 116 valence electrons. The first-order valence-electron chi connectivity index (χ1n) is 7.17. The van der Waals surface area contributed by atoms with Crippen molar-refractivity contribution in [1.82, 2.24) is 4.90 Å². The number of carbonyl (C=O) groups is 1. The van der Waals surface area contributed by atoms with Crippen molar-refractivity contribution in [3.8, 4) is 0 Å². The summed E-state index contributed by atoms with van der Waals surface area (Å²) in [4.78, 5) is 13.3. The average molecular weight is 311 g/mol. The number of likely N-dealkylation sites (tertiary alicyclic amines) is 1. The predicted molar refractivity (Wildman–Crippen MR) is 80.3 cm³/mol. The Morgan fingerprint density at radius 3 is 2.71 bits per heavy atom. The van der Waals surface area contributed by atoms with Crippen LogP contribution in [0.25, 0.3) is 0 Å². The van der Waals surface area contributed by atoms with Gasteiger partial charge in [-0.15, -0.1) is 0 Å². The molecule has 0 saturated carbocycles. The van der Waals surface area contributed by atoms with Crippen molar-refractivity contribution in [2.45, 2.75) is 36.6 Å². The second kappa shape index (κ2) is 6.58. The molecular weight excluding hydrogens is 290 g/mol. The fraction of sp³-hybridized carbons (Fsp3) is 0.533. The first-order chi connectivity index (χ1) is 9.92. The highest BCUT2D eigenvalue weighted by molar-refractivity contribution is 7.91. The zero-order valence-corrected chi connectivity index (χ0v) is 13.0. The van der Waals surface area contributed by atoms with Gasteiger partial charge in [-0.05, 0) is 45.0 Å². The summed E-state index contributed by atoms with van der Waals surface area (Å²) >= 11 is 0. The standard InChI is InChI=1S/C15H21NO4S/c1-16-10-5-4-6-12(16)9-11-21(19,20)14-8-3-2-7-13(14)15(17)18/h2-3,7-8,12H,4-6,9-11H2,1H3,(H,17,18). The Morgan fingerprint density at radius 1 is 1.33 bits per heavy atom. The molecule has 0 amide bonds. The zero-order valence-electron chi connectivity index (χ0n) is 12.2. The van der Waals surface area contributed by atoms with Gasteiger partial charge in [0.05, 0.1) is 16.2 Å². The first kappa shape index (κ1) is 16.0. The number of benzene rings is 1. The summed E-state index contributed by atoms with van der Waals surface area (Å²) in [6.07, 6.45) is 3.84. The Hall–Kier alpha value is -1.40. The number of hydrogen-bond donors (Lipinski definition) is 1. The van der Waals surface area contributed by atoms with Gasteiger partial charge in [0.15, 0.2) is 9.84 Å². The SMILES string of the molecule is CN1CCCCC1CCS(=O)(=O)c1ccccc1C(=O)O. The number of aromatic carboxylic acids is 1. The molecule has 1 saturated heterocycles. The van der Waals surface area contributed by atoms with E-state index in [1.54, 1.807) is 6.07 Å². The van der Waals surface area contributed by atoms with E-state index in [0.29, 0.717) is 6.42 Å². The smallest absolute Gasteiger partial charge is 0.337 e. The van der Waals surface area contributed by atoms with Gasteiger partial charge in [-0.1, -0.05) is 18.6 Å². The number of piperidine rings is 1. The maximum absolute atomic E-state index is 12.4. The third-order valence-electron chi connectivity index (χ3n) is 4.09. The van der Waals surface area contributed by atoms with Crippen LogP contribution in [0, 0.1) is 0 Å². The molecule has 0 radical (unpaired) electrons. The van der Waals surface area contributed by atoms with E-state index in [0.717, 1.165) is 25.8 Å². The lowest BCUT2D eigenvalue weighted by molar-refractivity contribution is 0.0692. The van der Waals surface area contributed by atoms with E-state index in [4.69, 9.17) is 5.11 Å². The van der Waals surface area contributed by atoms with Crippen LogP contribution in [-0.4, -0.2) is 49.8 Å². The van der Waals surface area contributed by atoms with E-state index < -0.39 is 15.8 Å². The summed E-state index contributed by atoms with van der Waals surface area (Å²) in [7, 11) is -1.55. The molecule has 1 unspecified atom stereocenters. The lowest BCUT2D eigenvalue weighted by atomic mass is 10.0. The molecule has 1 N–H and O–H groups in total. The van der Waals surface area contributed by atoms with Crippen LogP contribution >= 0.6 is 0 Å². The lowest BCUT2D eigenvalue weighted by Crippen LogP contribution is -2.37. The van der Waals surface area contributed by atoms with Crippen molar-refractivity contribution in [2.75, 3.05) is 19.3 Å². The van der Waals surface area contributed by atoms with Gasteiger partial charge in [0, 0.05) is 6.04 Å². The van der Waals surface area contributed by atoms with Crippen molar-refractivity contribution in [1.29, 1.82) is 0 Å². The quantitative estimate of drug-likeness (QED) is 0.900. The van der Waals surface area contributed by atoms with Gasteiger partial charge in [-0.3, -0.25) is 0 Å². The number of rotatable bonds is 5. The molecule has 0 aromatic heterocycles. The molecule has 0 bridgehead atoms. The van der Waals surface area contributed by atoms with Crippen LogP contribution in [0.3, 0.4) is 0 Å². The highest BCUT2D eigenvalue weighted by atomic mass is 32.2. The van der Waals surface area contributed by atoms with Crippen LogP contribution in [-0.2, 0) is 9.84 Å². The van der Waals surface area contributed by atoms with Gasteiger partial charge in [0.2, 0.25) is 0 Å². The Kier molecular flexibility index (Phi) is 5.00. The molecule has 1 fully saturated rings. The van der Waals surface area contributed by atoms with E-state index >= 15 is 0 Å². The minimum absolute atomic E-state index is 0.00764. The van der Waals surface area contributed by atoms with Crippen molar-refractivity contribution in [3.63, 3.8) is 0 Å². The first-order valence-corrected chi connectivity index (χ1v) is 8.82. The van der Waals surface area contributed by atoms with Crippen molar-refractivity contribution >= 4 is 15.8 Å². The molecule has 1 heterocycles. The van der Waals surface area contributed by atoms with E-state index in [-0.39, 0.29) is 22.3 Å². The third kappa shape index (κ3) is 3.83. The van der Waals surface area contributed by atoms with Gasteiger partial charge in [0.25, 0.3) is 0 Å². The van der Waals surface area contributed by atoms with Gasteiger partial charge >= 0.3 is 5.97 Å². The van der Waals surface area contributed by atoms with E-state index in [1.165, 1.54) is 18.2 Å². The summed E-state index contributed by atoms with van der Waals surface area (Å²) in [5.41, 5.74) is -0.144. The van der Waals surface area contributed by atoms with Crippen LogP contribution < -0.4 is 0 Å². The summed E-state index contributed by atoms with van der Waals surface area (Å²) in [6.45, 7) is 0.996. The van der Waals surface area contributed by atoms with Crippen molar-refractivity contribution in [2.24, 2.45) is 0 Å². The molecule has 1 aliphatic heterocycles. The summed E-state index contributed by atoms with van der Waals surface area (Å²) < 4.78 is 24.8. The monoisotopic (exact) mass is 311 g/mol. The second-order valence-electron chi connectivity index (χ2n) is 5.54. The van der Waals surface area contributed by atoms with Crippen LogP contribution in [0.2, 0.25) is 0 Å². The number of nitrogens with zero attached hydrogens (tertiary/aromatic N) is 1. The van der Waals surface area contributed by atoms with Crippen LogP contribution in [0.5, 0.6) is 0 Å². The lowest BCUT2D eigenvalue weighted by Gasteiger charge is -2.32. The van der Waals surface area contributed by atoms with Crippen LogP contribution in [0.15, 0.2) is 29.2 Å². The van der Waals surface area contributed by atoms with E-state index in [9.17, 15) is 13.2 Å². The molecule has 0 aliphatic carbocycles. The highest BCUT2D eigenvalue weighted by Crippen LogP contribution is 2.22. The van der Waals surface area contributed by atoms with Gasteiger partial charge in [-0.25, -0.2) is 13.2 Å². The molecule has 21 heavy (non-hydrogen) atoms. The van der Waals surface area contributed by atoms with Gasteiger partial charge < -0.3 is 10.0 Å². The summed E-state index contributed by atoms with van der Waals surface area (Å²) in [6, 6.07) is 6.08. The van der Waals surface area contributed by atoms with E-state index in [2.05, 4.69) is 4.90 Å². The Bertz CT molecular complexity index is 612. The highest BCUT2D eigenvalue weighted by Gasteiger charge is 2.25. The molecule has 1 atom stereocenters. The maximum atomic E-state index is 12.4. The molecule has 5 nitrogen and oxygen atoms in total. The third-order valence-corrected chi connectivity index (χ3v) is 5.89. The molecule has 1 aromatic carbocycles. The second-order valence-corrected chi connectivity index (χ2v) is 7.62. The molecule has 2 rings (SSSR count). The molecule has 1 aromatic rings. The summed E-state index contributed by atoms with van der Waals surface area (Å²) in [5.74, 6) is -1.21. The molecule has 0 spiro atoms. The Labute approximate surface area is 125 Å². The topological polar surface area (TPSA) is 74.7 Å². The molecular formula is C15H21NO4S. The fourth-order valence-corrected chi connectivity index (χ4v) is 4.40. The minimum Gasteiger partial charge on any atom is -0.478 e. The average Bonchev–Trinajstić information content (AvgIpc) is 2.46. The summed E-state index contributed by atoms with van der Waals surface area (Å²) in [5, 5.41) is 9.12. The number of hydrogen-bond acceptors (Lipinski definition) is 4. The normalized spacial score (nSPS) is 20.3. The van der Waals surface area contributed by atoms with Gasteiger partial charge in [0.1, 0.15) is 0 Å². The fourth-order valence-electron chi connectivity index (χ4n) is 2.82. The number of carboxylic acid groups (broad SMARTS) is 1. The van der Waals surface area contributed by atoms with Crippen LogP contribution in [0.1, 0.15) is 36.0 Å². The minimum atomic E-state index is -3.57.